The van der Waals surface area contributed by atoms with Gasteiger partial charge < -0.3 is 11.1 Å². The molecular weight excluding hydrogens is 268 g/mol. The first-order valence-electron chi connectivity index (χ1n) is 6.33. The van der Waals surface area contributed by atoms with Crippen molar-refractivity contribution in [2.24, 2.45) is 5.73 Å². The van der Waals surface area contributed by atoms with Gasteiger partial charge in [0.1, 0.15) is 6.04 Å². The van der Waals surface area contributed by atoms with Crippen LogP contribution in [0.3, 0.4) is 0 Å². The number of nitrogens with two attached hydrogens (primary N) is 1. The zero-order valence-electron chi connectivity index (χ0n) is 10.7. The van der Waals surface area contributed by atoms with Crippen LogP contribution in [0.15, 0.2) is 60.0 Å². The van der Waals surface area contributed by atoms with Crippen molar-refractivity contribution in [1.82, 2.24) is 0 Å². The minimum absolute atomic E-state index is 0.192. The molecule has 0 aliphatic rings. The fourth-order valence-corrected chi connectivity index (χ4v) is 2.81. The van der Waals surface area contributed by atoms with Crippen molar-refractivity contribution in [3.05, 3.63) is 64.9 Å². The molecule has 0 spiro atoms. The molecule has 0 bridgehead atoms. The van der Waals surface area contributed by atoms with Crippen LogP contribution in [0.2, 0.25) is 0 Å². The third-order valence-corrected chi connectivity index (χ3v) is 4.10. The number of carbonyl (C=O) groups is 1. The van der Waals surface area contributed by atoms with Gasteiger partial charge in [-0.05, 0) is 34.4 Å². The molecule has 0 aliphatic carbocycles. The van der Waals surface area contributed by atoms with Gasteiger partial charge in [-0.25, -0.2) is 0 Å². The summed E-state index contributed by atoms with van der Waals surface area (Å²) in [5, 5.41) is 7.02. The first-order chi connectivity index (χ1) is 9.74. The molecule has 1 atom stereocenters. The Labute approximate surface area is 121 Å². The van der Waals surface area contributed by atoms with Crippen LogP contribution in [0.5, 0.6) is 0 Å². The van der Waals surface area contributed by atoms with E-state index in [0.717, 1.165) is 21.3 Å². The molecular formula is C16H14N2OS. The number of thiophene rings is 1. The summed E-state index contributed by atoms with van der Waals surface area (Å²) in [7, 11) is 0. The standard InChI is InChI=1S/C16H14N2OS/c17-15(14-6-3-9-20-14)16(19)18-13-8-7-11-4-1-2-5-12(11)10-13/h1-10,15H,17H2,(H,18,19). The molecule has 3 N–H and O–H groups in total. The monoisotopic (exact) mass is 282 g/mol. The fourth-order valence-electron chi connectivity index (χ4n) is 2.08. The average Bonchev–Trinajstić information content (AvgIpc) is 3.00. The zero-order valence-corrected chi connectivity index (χ0v) is 11.6. The second-order valence-corrected chi connectivity index (χ2v) is 5.52. The van der Waals surface area contributed by atoms with E-state index in [2.05, 4.69) is 5.32 Å². The molecule has 0 saturated carbocycles. The minimum atomic E-state index is -0.624. The summed E-state index contributed by atoms with van der Waals surface area (Å²) in [6.07, 6.45) is 0. The third-order valence-electron chi connectivity index (χ3n) is 3.15. The topological polar surface area (TPSA) is 55.1 Å². The van der Waals surface area contributed by atoms with Gasteiger partial charge in [-0.1, -0.05) is 36.4 Å². The van der Waals surface area contributed by atoms with Gasteiger partial charge in [-0.15, -0.1) is 11.3 Å². The Morgan fingerprint density at radius 3 is 2.60 bits per heavy atom. The van der Waals surface area contributed by atoms with Gasteiger partial charge in [0.05, 0.1) is 0 Å². The molecule has 0 radical (unpaired) electrons. The summed E-state index contributed by atoms with van der Waals surface area (Å²) in [6, 6.07) is 17.0. The number of nitrogens with one attached hydrogen (secondary N) is 1. The van der Waals surface area contributed by atoms with E-state index in [1.807, 2.05) is 60.0 Å². The molecule has 3 rings (SSSR count). The molecule has 20 heavy (non-hydrogen) atoms. The van der Waals surface area contributed by atoms with Gasteiger partial charge in [-0.3, -0.25) is 4.79 Å². The van der Waals surface area contributed by atoms with Crippen molar-refractivity contribution in [3.8, 4) is 0 Å². The van der Waals surface area contributed by atoms with E-state index in [1.54, 1.807) is 0 Å². The SMILES string of the molecule is NC(C(=O)Nc1ccc2ccccc2c1)c1cccs1. The van der Waals surface area contributed by atoms with Gasteiger partial charge in [0.2, 0.25) is 5.91 Å². The largest absolute Gasteiger partial charge is 0.324 e. The van der Waals surface area contributed by atoms with Gasteiger partial charge >= 0.3 is 0 Å². The van der Waals surface area contributed by atoms with Crippen molar-refractivity contribution < 1.29 is 4.79 Å². The maximum absolute atomic E-state index is 12.1. The lowest BCUT2D eigenvalue weighted by Gasteiger charge is -2.11. The van der Waals surface area contributed by atoms with Crippen LogP contribution in [0.4, 0.5) is 5.69 Å². The van der Waals surface area contributed by atoms with Crippen LogP contribution >= 0.6 is 11.3 Å². The Kier molecular flexibility index (Phi) is 3.50. The highest BCUT2D eigenvalue weighted by molar-refractivity contribution is 7.10. The number of hydrogen-bond acceptors (Lipinski definition) is 3. The van der Waals surface area contributed by atoms with Gasteiger partial charge in [0.25, 0.3) is 0 Å². The summed E-state index contributed by atoms with van der Waals surface area (Å²) < 4.78 is 0. The number of anilines is 1. The van der Waals surface area contributed by atoms with Crippen molar-refractivity contribution in [2.75, 3.05) is 5.32 Å². The summed E-state index contributed by atoms with van der Waals surface area (Å²) in [5.74, 6) is -0.192. The first-order valence-corrected chi connectivity index (χ1v) is 7.21. The van der Waals surface area contributed by atoms with E-state index in [9.17, 15) is 4.79 Å². The van der Waals surface area contributed by atoms with Crippen LogP contribution in [-0.4, -0.2) is 5.91 Å². The number of hydrogen-bond donors (Lipinski definition) is 2. The maximum atomic E-state index is 12.1. The molecule has 1 unspecified atom stereocenters. The quantitative estimate of drug-likeness (QED) is 0.772. The van der Waals surface area contributed by atoms with E-state index >= 15 is 0 Å². The number of benzene rings is 2. The lowest BCUT2D eigenvalue weighted by atomic mass is 10.1. The Morgan fingerprint density at radius 2 is 1.85 bits per heavy atom. The summed E-state index contributed by atoms with van der Waals surface area (Å²) in [5.41, 5.74) is 6.71. The lowest BCUT2D eigenvalue weighted by Crippen LogP contribution is -2.26. The molecule has 3 nitrogen and oxygen atoms in total. The highest BCUT2D eigenvalue weighted by atomic mass is 32.1. The van der Waals surface area contributed by atoms with Crippen LogP contribution in [0.1, 0.15) is 10.9 Å². The van der Waals surface area contributed by atoms with Gasteiger partial charge in [-0.2, -0.15) is 0 Å². The molecule has 0 saturated heterocycles. The molecule has 1 heterocycles. The molecule has 1 aromatic heterocycles. The van der Waals surface area contributed by atoms with Crippen LogP contribution in [0.25, 0.3) is 10.8 Å². The smallest absolute Gasteiger partial charge is 0.246 e. The van der Waals surface area contributed by atoms with Crippen molar-refractivity contribution in [2.45, 2.75) is 6.04 Å². The Morgan fingerprint density at radius 1 is 1.05 bits per heavy atom. The fraction of sp³-hybridized carbons (Fsp3) is 0.0625. The number of fused-ring (bicyclic) bond motifs is 1. The predicted octanol–water partition coefficient (Wildman–Crippen LogP) is 3.54. The van der Waals surface area contributed by atoms with Crippen molar-refractivity contribution in [1.29, 1.82) is 0 Å². The van der Waals surface area contributed by atoms with Gasteiger partial charge in [0.15, 0.2) is 0 Å². The third kappa shape index (κ3) is 2.57. The number of carbonyl (C=O) groups excluding carboxylic acids is 1. The Bertz CT molecular complexity index is 737. The summed E-state index contributed by atoms with van der Waals surface area (Å²) in [4.78, 5) is 13.0. The van der Waals surface area contributed by atoms with Crippen molar-refractivity contribution in [3.63, 3.8) is 0 Å². The van der Waals surface area contributed by atoms with Crippen molar-refractivity contribution >= 4 is 33.7 Å². The molecule has 1 amide bonds. The molecule has 0 aliphatic heterocycles. The van der Waals surface area contributed by atoms with E-state index in [0.29, 0.717) is 0 Å². The highest BCUT2D eigenvalue weighted by Gasteiger charge is 2.16. The maximum Gasteiger partial charge on any atom is 0.246 e. The lowest BCUT2D eigenvalue weighted by molar-refractivity contribution is -0.117. The number of amides is 1. The average molecular weight is 282 g/mol. The molecule has 0 fully saturated rings. The predicted molar refractivity (Wildman–Crippen MR) is 83.8 cm³/mol. The van der Waals surface area contributed by atoms with E-state index < -0.39 is 6.04 Å². The van der Waals surface area contributed by atoms with E-state index in [4.69, 9.17) is 5.73 Å². The minimum Gasteiger partial charge on any atom is -0.324 e. The highest BCUT2D eigenvalue weighted by Crippen LogP contribution is 2.21. The van der Waals surface area contributed by atoms with Crippen LogP contribution < -0.4 is 11.1 Å². The second kappa shape index (κ2) is 5.45. The molecule has 100 valence electrons. The summed E-state index contributed by atoms with van der Waals surface area (Å²) >= 11 is 1.49. The molecule has 3 aromatic rings. The van der Waals surface area contributed by atoms with Crippen LogP contribution in [-0.2, 0) is 4.79 Å². The first kappa shape index (κ1) is 12.8. The second-order valence-electron chi connectivity index (χ2n) is 4.54. The van der Waals surface area contributed by atoms with E-state index in [-0.39, 0.29) is 5.91 Å². The van der Waals surface area contributed by atoms with Crippen LogP contribution in [0, 0.1) is 0 Å². The Balaban J connectivity index is 1.80. The summed E-state index contributed by atoms with van der Waals surface area (Å²) in [6.45, 7) is 0. The molecule has 2 aromatic carbocycles. The normalized spacial score (nSPS) is 12.2. The zero-order chi connectivity index (χ0) is 13.9. The Hall–Kier alpha value is -2.17. The van der Waals surface area contributed by atoms with E-state index in [1.165, 1.54) is 11.3 Å². The molecule has 4 heteroatoms. The van der Waals surface area contributed by atoms with Gasteiger partial charge in [0, 0.05) is 10.6 Å². The number of rotatable bonds is 3.